The molecule has 0 bridgehead atoms. The van der Waals surface area contributed by atoms with Crippen LogP contribution in [0.25, 0.3) is 0 Å². The van der Waals surface area contributed by atoms with Crippen molar-refractivity contribution in [1.82, 2.24) is 14.5 Å². The van der Waals surface area contributed by atoms with E-state index in [0.29, 0.717) is 39.3 Å². The number of piperazine rings is 1. The Morgan fingerprint density at radius 3 is 2.44 bits per heavy atom. The number of hydrogen-bond donors (Lipinski definition) is 1. The van der Waals surface area contributed by atoms with Gasteiger partial charge in [-0.15, -0.1) is 12.4 Å². The minimum Gasteiger partial charge on any atom is -0.366 e. The highest BCUT2D eigenvalue weighted by Gasteiger charge is 2.32. The number of hydrogen-bond acceptors (Lipinski definition) is 5. The van der Waals surface area contributed by atoms with Gasteiger partial charge in [0, 0.05) is 39.3 Å². The first-order chi connectivity index (χ1) is 11.6. The Hall–Kier alpha value is -1.19. The van der Waals surface area contributed by atoms with Gasteiger partial charge in [-0.2, -0.15) is 4.31 Å². The quantitative estimate of drug-likeness (QED) is 0.788. The maximum atomic E-state index is 12.5. The highest BCUT2D eigenvalue weighted by Crippen LogP contribution is 2.14. The van der Waals surface area contributed by atoms with E-state index in [1.54, 1.807) is 4.90 Å². The summed E-state index contributed by atoms with van der Waals surface area (Å²) in [4.78, 5) is 14.1. The molecule has 2 saturated heterocycles. The zero-order valence-corrected chi connectivity index (χ0v) is 15.6. The van der Waals surface area contributed by atoms with E-state index in [2.05, 4.69) is 5.32 Å². The first-order valence-electron chi connectivity index (χ1n) is 8.19. The predicted molar refractivity (Wildman–Crippen MR) is 97.1 cm³/mol. The first-order valence-corrected chi connectivity index (χ1v) is 9.80. The molecule has 2 aliphatic heterocycles. The zero-order chi connectivity index (χ0) is 17.0. The van der Waals surface area contributed by atoms with E-state index in [-0.39, 0.29) is 24.1 Å². The Kier molecular flexibility index (Phi) is 7.21. The second-order valence-corrected chi connectivity index (χ2v) is 8.00. The van der Waals surface area contributed by atoms with Gasteiger partial charge in [0.15, 0.2) is 0 Å². The Labute approximate surface area is 154 Å². The summed E-state index contributed by atoms with van der Waals surface area (Å²) >= 11 is 0. The molecule has 1 atom stereocenters. The predicted octanol–water partition coefficient (Wildman–Crippen LogP) is 0.0708. The monoisotopic (exact) mass is 389 g/mol. The van der Waals surface area contributed by atoms with Crippen molar-refractivity contribution in [2.45, 2.75) is 11.9 Å². The number of morpholine rings is 1. The maximum absolute atomic E-state index is 12.5. The van der Waals surface area contributed by atoms with Crippen LogP contribution in [0.4, 0.5) is 0 Å². The van der Waals surface area contributed by atoms with Gasteiger partial charge in [-0.25, -0.2) is 8.42 Å². The van der Waals surface area contributed by atoms with Gasteiger partial charge < -0.3 is 15.0 Å². The van der Waals surface area contributed by atoms with Gasteiger partial charge in [0.25, 0.3) is 5.91 Å². The molecule has 1 unspecified atom stereocenters. The Balaban J connectivity index is 0.00000225. The van der Waals surface area contributed by atoms with Crippen molar-refractivity contribution in [3.63, 3.8) is 0 Å². The van der Waals surface area contributed by atoms with Crippen molar-refractivity contribution in [3.8, 4) is 0 Å². The van der Waals surface area contributed by atoms with E-state index in [1.165, 1.54) is 4.31 Å². The summed E-state index contributed by atoms with van der Waals surface area (Å²) in [5, 5.41) is 3.14. The first kappa shape index (κ1) is 20.1. The van der Waals surface area contributed by atoms with Crippen LogP contribution in [0.5, 0.6) is 0 Å². The lowest BCUT2D eigenvalue weighted by molar-refractivity contribution is -0.146. The van der Waals surface area contributed by atoms with E-state index >= 15 is 0 Å². The van der Waals surface area contributed by atoms with Gasteiger partial charge in [0.1, 0.15) is 6.10 Å². The normalized spacial score (nSPS) is 22.2. The Bertz CT molecular complexity index is 657. The second kappa shape index (κ2) is 8.95. The Morgan fingerprint density at radius 2 is 1.84 bits per heavy atom. The van der Waals surface area contributed by atoms with Crippen LogP contribution >= 0.6 is 12.4 Å². The van der Waals surface area contributed by atoms with Crippen LogP contribution in [0.3, 0.4) is 0 Å². The summed E-state index contributed by atoms with van der Waals surface area (Å²) in [5.74, 6) is -0.0560. The lowest BCUT2D eigenvalue weighted by Crippen LogP contribution is -2.56. The number of rotatable bonds is 4. The number of carbonyl (C=O) groups is 1. The number of sulfonamides is 1. The summed E-state index contributed by atoms with van der Waals surface area (Å²) in [6.45, 7) is 3.30. The van der Waals surface area contributed by atoms with Crippen molar-refractivity contribution in [2.24, 2.45) is 0 Å². The SMILES string of the molecule is Cl.O=C(C1CNCCO1)N1CCN(S(=O)(=O)Cc2ccccc2)CC1. The zero-order valence-electron chi connectivity index (χ0n) is 14.0. The van der Waals surface area contributed by atoms with Gasteiger partial charge in [-0.05, 0) is 5.56 Å². The van der Waals surface area contributed by atoms with Crippen molar-refractivity contribution >= 4 is 28.3 Å². The van der Waals surface area contributed by atoms with Crippen molar-refractivity contribution < 1.29 is 17.9 Å². The van der Waals surface area contributed by atoms with Crippen LogP contribution in [0.15, 0.2) is 30.3 Å². The van der Waals surface area contributed by atoms with E-state index < -0.39 is 16.1 Å². The molecule has 9 heteroatoms. The molecule has 1 N–H and O–H groups in total. The maximum Gasteiger partial charge on any atom is 0.253 e. The van der Waals surface area contributed by atoms with Crippen LogP contribution in [0.2, 0.25) is 0 Å². The minimum atomic E-state index is -3.36. The third-order valence-electron chi connectivity index (χ3n) is 4.34. The molecular formula is C16H24ClN3O4S. The van der Waals surface area contributed by atoms with Crippen LogP contribution < -0.4 is 5.32 Å². The average Bonchev–Trinajstić information content (AvgIpc) is 2.62. The molecule has 1 aromatic carbocycles. The molecule has 2 heterocycles. The molecule has 7 nitrogen and oxygen atoms in total. The molecule has 25 heavy (non-hydrogen) atoms. The standard InChI is InChI=1S/C16H23N3O4S.ClH/c20-16(15-12-17-6-11-23-15)18-7-9-19(10-8-18)24(21,22)13-14-4-2-1-3-5-14;/h1-5,15,17H,6-13H2;1H. The third-order valence-corrected chi connectivity index (χ3v) is 6.19. The largest absolute Gasteiger partial charge is 0.366 e. The molecule has 0 radical (unpaired) electrons. The molecule has 1 amide bonds. The van der Waals surface area contributed by atoms with Gasteiger partial charge in [-0.3, -0.25) is 4.79 Å². The van der Waals surface area contributed by atoms with E-state index in [4.69, 9.17) is 4.74 Å². The molecule has 2 fully saturated rings. The number of nitrogens with zero attached hydrogens (tertiary/aromatic N) is 2. The number of amides is 1. The molecule has 2 aliphatic rings. The van der Waals surface area contributed by atoms with Gasteiger partial charge in [0.05, 0.1) is 12.4 Å². The van der Waals surface area contributed by atoms with Crippen LogP contribution in [-0.2, 0) is 25.3 Å². The van der Waals surface area contributed by atoms with E-state index in [9.17, 15) is 13.2 Å². The Morgan fingerprint density at radius 1 is 1.16 bits per heavy atom. The lowest BCUT2D eigenvalue weighted by atomic mass is 10.2. The summed E-state index contributed by atoms with van der Waals surface area (Å²) < 4.78 is 32.0. The van der Waals surface area contributed by atoms with E-state index in [1.807, 2.05) is 30.3 Å². The molecule has 0 spiro atoms. The van der Waals surface area contributed by atoms with Crippen LogP contribution in [-0.4, -0.2) is 75.5 Å². The number of ether oxygens (including phenoxy) is 1. The van der Waals surface area contributed by atoms with Crippen molar-refractivity contribution in [2.75, 3.05) is 45.9 Å². The van der Waals surface area contributed by atoms with Gasteiger partial charge in [-0.1, -0.05) is 30.3 Å². The number of nitrogens with one attached hydrogen (secondary N) is 1. The fourth-order valence-electron chi connectivity index (χ4n) is 2.99. The second-order valence-electron chi connectivity index (χ2n) is 6.03. The summed E-state index contributed by atoms with van der Waals surface area (Å²) in [7, 11) is -3.36. The molecule has 0 aromatic heterocycles. The molecule has 0 aliphatic carbocycles. The van der Waals surface area contributed by atoms with Crippen molar-refractivity contribution in [3.05, 3.63) is 35.9 Å². The highest BCUT2D eigenvalue weighted by molar-refractivity contribution is 7.88. The summed E-state index contributed by atoms with van der Waals surface area (Å²) in [5.41, 5.74) is 0.776. The molecule has 140 valence electrons. The van der Waals surface area contributed by atoms with Crippen LogP contribution in [0.1, 0.15) is 5.56 Å². The van der Waals surface area contributed by atoms with Gasteiger partial charge >= 0.3 is 0 Å². The molecule has 3 rings (SSSR count). The summed E-state index contributed by atoms with van der Waals surface area (Å²) in [6, 6.07) is 9.15. The highest BCUT2D eigenvalue weighted by atomic mass is 35.5. The van der Waals surface area contributed by atoms with Crippen LogP contribution in [0, 0.1) is 0 Å². The lowest BCUT2D eigenvalue weighted by Gasteiger charge is -2.36. The fraction of sp³-hybridized carbons (Fsp3) is 0.562. The minimum absolute atomic E-state index is 0. The van der Waals surface area contributed by atoms with E-state index in [0.717, 1.165) is 12.1 Å². The number of benzene rings is 1. The number of halogens is 1. The molecular weight excluding hydrogens is 366 g/mol. The van der Waals surface area contributed by atoms with Crippen molar-refractivity contribution in [1.29, 1.82) is 0 Å². The summed E-state index contributed by atoms with van der Waals surface area (Å²) in [6.07, 6.45) is -0.453. The third kappa shape index (κ3) is 5.15. The smallest absolute Gasteiger partial charge is 0.253 e. The topological polar surface area (TPSA) is 79.0 Å². The average molecular weight is 390 g/mol. The van der Waals surface area contributed by atoms with Gasteiger partial charge in [0.2, 0.25) is 10.0 Å². The number of carbonyl (C=O) groups excluding carboxylic acids is 1. The fourth-order valence-corrected chi connectivity index (χ4v) is 4.51. The molecule has 0 saturated carbocycles. The molecule has 1 aromatic rings.